The summed E-state index contributed by atoms with van der Waals surface area (Å²) in [4.78, 5) is 11.1. The molecule has 2 aliphatic rings. The summed E-state index contributed by atoms with van der Waals surface area (Å²) in [5, 5.41) is 12.6. The molecule has 0 amide bonds. The van der Waals surface area contributed by atoms with Gasteiger partial charge in [0, 0.05) is 36.4 Å². The first-order valence-corrected chi connectivity index (χ1v) is 12.3. The summed E-state index contributed by atoms with van der Waals surface area (Å²) in [6.07, 6.45) is 1.55. The fraction of sp³-hybridized carbons (Fsp3) is 0.345. The molecule has 6 heteroatoms. The number of carboxylic acid groups (broad SMARTS) is 1. The van der Waals surface area contributed by atoms with Crippen LogP contribution in [0.1, 0.15) is 36.0 Å². The van der Waals surface area contributed by atoms with E-state index in [9.17, 15) is 4.79 Å². The van der Waals surface area contributed by atoms with Crippen molar-refractivity contribution in [2.75, 3.05) is 31.7 Å². The molecule has 3 aromatic carbocycles. The summed E-state index contributed by atoms with van der Waals surface area (Å²) in [5.41, 5.74) is 6.70. The van der Waals surface area contributed by atoms with Crippen molar-refractivity contribution in [2.45, 2.75) is 32.2 Å². The molecule has 0 radical (unpaired) electrons. The lowest BCUT2D eigenvalue weighted by atomic mass is 9.96. The van der Waals surface area contributed by atoms with Crippen LogP contribution in [-0.4, -0.2) is 37.5 Å². The summed E-state index contributed by atoms with van der Waals surface area (Å²) in [6, 6.07) is 20.6. The highest BCUT2D eigenvalue weighted by atomic mass is 16.5. The molecule has 2 atom stereocenters. The smallest absolute Gasteiger partial charge is 0.307 e. The van der Waals surface area contributed by atoms with E-state index < -0.39 is 5.97 Å². The Hall–Kier alpha value is -3.51. The molecule has 0 bridgehead atoms. The minimum Gasteiger partial charge on any atom is -0.492 e. The van der Waals surface area contributed by atoms with Gasteiger partial charge in [0.1, 0.15) is 18.1 Å². The van der Waals surface area contributed by atoms with Crippen LogP contribution < -0.4 is 14.8 Å². The van der Waals surface area contributed by atoms with Gasteiger partial charge in [0.05, 0.1) is 19.1 Å². The summed E-state index contributed by atoms with van der Waals surface area (Å²) < 4.78 is 17.5. The van der Waals surface area contributed by atoms with Crippen molar-refractivity contribution in [3.05, 3.63) is 77.4 Å². The molecule has 1 aliphatic carbocycles. The van der Waals surface area contributed by atoms with Crippen molar-refractivity contribution in [1.29, 1.82) is 0 Å². The zero-order valence-electron chi connectivity index (χ0n) is 20.0. The number of carbonyl (C=O) groups is 1. The maximum Gasteiger partial charge on any atom is 0.307 e. The first-order chi connectivity index (χ1) is 17.1. The molecule has 3 aromatic rings. The van der Waals surface area contributed by atoms with Gasteiger partial charge in [0.15, 0.2) is 0 Å². The highest BCUT2D eigenvalue weighted by Gasteiger charge is 2.44. The second-order valence-electron chi connectivity index (χ2n) is 9.02. The van der Waals surface area contributed by atoms with Crippen LogP contribution in [0.4, 0.5) is 5.69 Å². The predicted molar refractivity (Wildman–Crippen MR) is 135 cm³/mol. The first kappa shape index (κ1) is 23.2. The Morgan fingerprint density at radius 2 is 1.94 bits per heavy atom. The van der Waals surface area contributed by atoms with Gasteiger partial charge in [-0.2, -0.15) is 0 Å². The second kappa shape index (κ2) is 10.4. The Morgan fingerprint density at radius 1 is 1.09 bits per heavy atom. The summed E-state index contributed by atoms with van der Waals surface area (Å²) >= 11 is 0. The quantitative estimate of drug-likeness (QED) is 0.379. The van der Waals surface area contributed by atoms with E-state index >= 15 is 0 Å². The molecule has 1 heterocycles. The van der Waals surface area contributed by atoms with Crippen LogP contribution in [0, 0.1) is 5.92 Å². The molecule has 6 nitrogen and oxygen atoms in total. The summed E-state index contributed by atoms with van der Waals surface area (Å²) in [7, 11) is 0. The number of para-hydroxylation sites is 1. The zero-order chi connectivity index (χ0) is 24.2. The molecule has 1 fully saturated rings. The Balaban J connectivity index is 1.28. The van der Waals surface area contributed by atoms with Crippen LogP contribution >= 0.6 is 0 Å². The number of anilines is 1. The van der Waals surface area contributed by atoms with Crippen molar-refractivity contribution in [3.8, 4) is 22.6 Å². The van der Waals surface area contributed by atoms with Gasteiger partial charge in [-0.3, -0.25) is 4.79 Å². The molecular formula is C29H31NO5. The standard InChI is InChI=1S/C29H31NO5/c1-2-33-14-15-34-23-10-11-24-20(16-23)12-13-35-28-21(4-3-5-25(24)28)18-30-22-8-6-19(7-9-22)26-17-27(26)29(31)32/h3-11,16,26-27,30H,2,12-15,17-18H2,1H3,(H,31,32)/t26-,27+/m1/s1. The minimum atomic E-state index is -0.700. The molecule has 2 N–H and O–H groups in total. The summed E-state index contributed by atoms with van der Waals surface area (Å²) in [5.74, 6) is 0.993. The normalized spacial score (nSPS) is 18.0. The Bertz CT molecular complexity index is 1190. The van der Waals surface area contributed by atoms with Gasteiger partial charge >= 0.3 is 5.97 Å². The lowest BCUT2D eigenvalue weighted by molar-refractivity contribution is -0.138. The second-order valence-corrected chi connectivity index (χ2v) is 9.02. The molecule has 182 valence electrons. The van der Waals surface area contributed by atoms with Gasteiger partial charge in [-0.15, -0.1) is 0 Å². The zero-order valence-corrected chi connectivity index (χ0v) is 20.0. The highest BCUT2D eigenvalue weighted by molar-refractivity contribution is 5.77. The van der Waals surface area contributed by atoms with Crippen LogP contribution in [-0.2, 0) is 22.5 Å². The van der Waals surface area contributed by atoms with Crippen molar-refractivity contribution in [2.24, 2.45) is 5.92 Å². The van der Waals surface area contributed by atoms with Gasteiger partial charge < -0.3 is 24.6 Å². The van der Waals surface area contributed by atoms with Gasteiger partial charge in [0.25, 0.3) is 0 Å². The number of hydrogen-bond acceptors (Lipinski definition) is 5. The number of ether oxygens (including phenoxy) is 3. The molecule has 1 saturated carbocycles. The third-order valence-corrected chi connectivity index (χ3v) is 6.71. The molecule has 35 heavy (non-hydrogen) atoms. The third kappa shape index (κ3) is 5.28. The Labute approximate surface area is 205 Å². The fourth-order valence-electron chi connectivity index (χ4n) is 4.74. The van der Waals surface area contributed by atoms with Gasteiger partial charge in [-0.05, 0) is 60.2 Å². The Morgan fingerprint density at radius 3 is 2.71 bits per heavy atom. The highest BCUT2D eigenvalue weighted by Crippen LogP contribution is 2.47. The van der Waals surface area contributed by atoms with E-state index in [1.165, 1.54) is 11.1 Å². The molecule has 0 aromatic heterocycles. The lowest BCUT2D eigenvalue weighted by Crippen LogP contribution is -2.06. The van der Waals surface area contributed by atoms with E-state index in [1.54, 1.807) is 0 Å². The van der Waals surface area contributed by atoms with Gasteiger partial charge in [0.2, 0.25) is 0 Å². The van der Waals surface area contributed by atoms with Crippen LogP contribution in [0.5, 0.6) is 11.5 Å². The van der Waals surface area contributed by atoms with Gasteiger partial charge in [-0.25, -0.2) is 0 Å². The van der Waals surface area contributed by atoms with E-state index in [0.717, 1.165) is 46.7 Å². The SMILES string of the molecule is CCOCCOc1ccc2c(c1)CCOc1c(CNc3ccc([C@H]4C[C@@H]4C(=O)O)cc3)cccc1-2. The maximum atomic E-state index is 11.1. The van der Waals surface area contributed by atoms with Crippen molar-refractivity contribution >= 4 is 11.7 Å². The summed E-state index contributed by atoms with van der Waals surface area (Å²) in [6.45, 7) is 5.04. The molecule has 5 rings (SSSR count). The van der Waals surface area contributed by atoms with Gasteiger partial charge in [-0.1, -0.05) is 36.4 Å². The van der Waals surface area contributed by atoms with E-state index in [4.69, 9.17) is 19.3 Å². The molecule has 0 saturated heterocycles. The van der Waals surface area contributed by atoms with E-state index in [-0.39, 0.29) is 11.8 Å². The molecule has 1 aliphatic heterocycles. The molecular weight excluding hydrogens is 442 g/mol. The predicted octanol–water partition coefficient (Wildman–Crippen LogP) is 5.50. The van der Waals surface area contributed by atoms with Crippen molar-refractivity contribution < 1.29 is 24.1 Å². The van der Waals surface area contributed by atoms with Crippen LogP contribution in [0.15, 0.2) is 60.7 Å². The molecule has 0 unspecified atom stereocenters. The number of nitrogens with one attached hydrogen (secondary N) is 1. The average Bonchev–Trinajstić information content (AvgIpc) is 3.69. The van der Waals surface area contributed by atoms with E-state index in [1.807, 2.05) is 37.3 Å². The van der Waals surface area contributed by atoms with E-state index in [2.05, 4.69) is 35.6 Å². The lowest BCUT2D eigenvalue weighted by Gasteiger charge is -2.15. The largest absolute Gasteiger partial charge is 0.492 e. The fourth-order valence-corrected chi connectivity index (χ4v) is 4.74. The topological polar surface area (TPSA) is 77.0 Å². The Kier molecular flexibility index (Phi) is 6.91. The van der Waals surface area contributed by atoms with Crippen LogP contribution in [0.3, 0.4) is 0 Å². The van der Waals surface area contributed by atoms with Crippen molar-refractivity contribution in [3.63, 3.8) is 0 Å². The third-order valence-electron chi connectivity index (χ3n) is 6.71. The monoisotopic (exact) mass is 473 g/mol. The first-order valence-electron chi connectivity index (χ1n) is 12.3. The number of carboxylic acids is 1. The average molecular weight is 474 g/mol. The number of benzene rings is 3. The number of hydrogen-bond donors (Lipinski definition) is 2. The van der Waals surface area contributed by atoms with E-state index in [0.29, 0.717) is 33.0 Å². The van der Waals surface area contributed by atoms with Crippen LogP contribution in [0.25, 0.3) is 11.1 Å². The number of fused-ring (bicyclic) bond motifs is 3. The minimum absolute atomic E-state index is 0.149. The maximum absolute atomic E-state index is 11.1. The van der Waals surface area contributed by atoms with Crippen LogP contribution in [0.2, 0.25) is 0 Å². The molecule has 0 spiro atoms. The number of aliphatic carboxylic acids is 1. The number of rotatable bonds is 10. The van der Waals surface area contributed by atoms with Crippen molar-refractivity contribution in [1.82, 2.24) is 0 Å².